The lowest BCUT2D eigenvalue weighted by Gasteiger charge is -2.35. The van der Waals surface area contributed by atoms with Crippen molar-refractivity contribution in [3.05, 3.63) is 59.9 Å². The van der Waals surface area contributed by atoms with E-state index in [4.69, 9.17) is 0 Å². The van der Waals surface area contributed by atoms with Gasteiger partial charge < -0.3 is 15.1 Å². The Morgan fingerprint density at radius 2 is 1.54 bits per heavy atom. The Labute approximate surface area is 165 Å². The van der Waals surface area contributed by atoms with Gasteiger partial charge in [-0.2, -0.15) is 0 Å². The number of nitrogens with zero attached hydrogens (tertiary/aromatic N) is 2. The molecule has 6 heteroatoms. The molecule has 0 aliphatic carbocycles. The van der Waals surface area contributed by atoms with E-state index in [0.717, 1.165) is 5.56 Å². The van der Waals surface area contributed by atoms with Crippen molar-refractivity contribution in [2.24, 2.45) is 0 Å². The summed E-state index contributed by atoms with van der Waals surface area (Å²) in [6.07, 6.45) is 0. The lowest BCUT2D eigenvalue weighted by Crippen LogP contribution is -2.51. The topological polar surface area (TPSA) is 52.7 Å². The number of rotatable bonds is 2. The molecule has 0 bridgehead atoms. The summed E-state index contributed by atoms with van der Waals surface area (Å²) in [5.41, 5.74) is 2.30. The fourth-order valence-electron chi connectivity index (χ4n) is 3.24. The molecule has 5 nitrogen and oxygen atoms in total. The average molecular weight is 383 g/mol. The fraction of sp³-hybridized carbons (Fsp3) is 0.364. The average Bonchev–Trinajstić information content (AvgIpc) is 2.67. The van der Waals surface area contributed by atoms with E-state index in [9.17, 15) is 14.0 Å². The SMILES string of the molecule is CC(C)(C)c1ccc(NC(=O)C(=O)N2CCN(c3ccccc3F)CC2)cc1. The van der Waals surface area contributed by atoms with E-state index in [1.807, 2.05) is 29.2 Å². The van der Waals surface area contributed by atoms with Gasteiger partial charge in [-0.25, -0.2) is 4.39 Å². The molecule has 0 aromatic heterocycles. The highest BCUT2D eigenvalue weighted by Gasteiger charge is 2.27. The van der Waals surface area contributed by atoms with Crippen molar-refractivity contribution < 1.29 is 14.0 Å². The van der Waals surface area contributed by atoms with Crippen LogP contribution in [0.15, 0.2) is 48.5 Å². The van der Waals surface area contributed by atoms with Crippen molar-refractivity contribution in [3.63, 3.8) is 0 Å². The first-order valence-electron chi connectivity index (χ1n) is 9.46. The highest BCUT2D eigenvalue weighted by molar-refractivity contribution is 6.39. The van der Waals surface area contributed by atoms with Crippen LogP contribution in [-0.2, 0) is 15.0 Å². The van der Waals surface area contributed by atoms with Crippen LogP contribution in [-0.4, -0.2) is 42.9 Å². The van der Waals surface area contributed by atoms with Crippen LogP contribution < -0.4 is 10.2 Å². The summed E-state index contributed by atoms with van der Waals surface area (Å²) in [5, 5.41) is 2.67. The van der Waals surface area contributed by atoms with E-state index in [1.54, 1.807) is 18.2 Å². The van der Waals surface area contributed by atoms with Gasteiger partial charge in [-0.1, -0.05) is 45.0 Å². The Bertz CT molecular complexity index is 851. The molecule has 3 rings (SSSR count). The molecule has 0 unspecified atom stereocenters. The highest BCUT2D eigenvalue weighted by atomic mass is 19.1. The van der Waals surface area contributed by atoms with Gasteiger partial charge in [0.2, 0.25) is 0 Å². The standard InChI is InChI=1S/C22H26FN3O2/c1-22(2,3)16-8-10-17(11-9-16)24-20(27)21(28)26-14-12-25(13-15-26)19-7-5-4-6-18(19)23/h4-11H,12-15H2,1-3H3,(H,24,27). The van der Waals surface area contributed by atoms with Crippen LogP contribution in [0.1, 0.15) is 26.3 Å². The number of nitrogens with one attached hydrogen (secondary N) is 1. The lowest BCUT2D eigenvalue weighted by molar-refractivity contribution is -0.143. The summed E-state index contributed by atoms with van der Waals surface area (Å²) in [6, 6.07) is 14.1. The molecule has 1 fully saturated rings. The molecule has 0 radical (unpaired) electrons. The van der Waals surface area contributed by atoms with Crippen molar-refractivity contribution in [2.75, 3.05) is 36.4 Å². The second kappa shape index (κ2) is 8.00. The first-order chi connectivity index (χ1) is 13.3. The van der Waals surface area contributed by atoms with Gasteiger partial charge in [0.05, 0.1) is 5.69 Å². The number of hydrogen-bond donors (Lipinski definition) is 1. The van der Waals surface area contributed by atoms with Crippen LogP contribution in [0.4, 0.5) is 15.8 Å². The van der Waals surface area contributed by atoms with Gasteiger partial charge in [0.25, 0.3) is 0 Å². The number of hydrogen-bond acceptors (Lipinski definition) is 3. The molecule has 1 aliphatic heterocycles. The number of carbonyl (C=O) groups excluding carboxylic acids is 2. The number of carbonyl (C=O) groups is 2. The molecule has 1 aliphatic rings. The Hall–Kier alpha value is -2.89. The predicted molar refractivity (Wildman–Crippen MR) is 109 cm³/mol. The van der Waals surface area contributed by atoms with Gasteiger partial charge in [0.1, 0.15) is 5.82 Å². The minimum atomic E-state index is -0.650. The third-order valence-electron chi connectivity index (χ3n) is 4.96. The Morgan fingerprint density at radius 1 is 0.929 bits per heavy atom. The van der Waals surface area contributed by atoms with E-state index in [1.165, 1.54) is 11.0 Å². The molecular formula is C22H26FN3O2. The highest BCUT2D eigenvalue weighted by Crippen LogP contribution is 2.24. The maximum absolute atomic E-state index is 13.9. The van der Waals surface area contributed by atoms with Crippen LogP contribution in [0.3, 0.4) is 0 Å². The summed E-state index contributed by atoms with van der Waals surface area (Å²) in [4.78, 5) is 28.2. The van der Waals surface area contributed by atoms with Gasteiger partial charge in [-0.15, -0.1) is 0 Å². The van der Waals surface area contributed by atoms with Crippen molar-refractivity contribution in [1.29, 1.82) is 0 Å². The monoisotopic (exact) mass is 383 g/mol. The number of anilines is 2. The lowest BCUT2D eigenvalue weighted by atomic mass is 9.87. The van der Waals surface area contributed by atoms with E-state index in [2.05, 4.69) is 26.1 Å². The molecule has 0 atom stereocenters. The second-order valence-electron chi connectivity index (χ2n) is 8.01. The molecule has 0 saturated carbocycles. The number of halogens is 1. The largest absolute Gasteiger partial charge is 0.366 e. The third kappa shape index (κ3) is 4.50. The quantitative estimate of drug-likeness (QED) is 0.809. The number of amides is 2. The molecular weight excluding hydrogens is 357 g/mol. The minimum Gasteiger partial charge on any atom is -0.366 e. The molecule has 1 N–H and O–H groups in total. The van der Waals surface area contributed by atoms with Crippen molar-refractivity contribution in [1.82, 2.24) is 4.90 Å². The van der Waals surface area contributed by atoms with E-state index >= 15 is 0 Å². The summed E-state index contributed by atoms with van der Waals surface area (Å²) in [6.45, 7) is 8.08. The van der Waals surface area contributed by atoms with E-state index in [0.29, 0.717) is 37.6 Å². The molecule has 1 heterocycles. The third-order valence-corrected chi connectivity index (χ3v) is 4.96. The molecule has 28 heavy (non-hydrogen) atoms. The van der Waals surface area contributed by atoms with Crippen LogP contribution in [0.5, 0.6) is 0 Å². The fourth-order valence-corrected chi connectivity index (χ4v) is 3.24. The zero-order chi connectivity index (χ0) is 20.3. The zero-order valence-electron chi connectivity index (χ0n) is 16.5. The summed E-state index contributed by atoms with van der Waals surface area (Å²) in [7, 11) is 0. The maximum atomic E-state index is 13.9. The van der Waals surface area contributed by atoms with Crippen molar-refractivity contribution in [3.8, 4) is 0 Å². The van der Waals surface area contributed by atoms with Crippen LogP contribution >= 0.6 is 0 Å². The van der Waals surface area contributed by atoms with Gasteiger partial charge >= 0.3 is 11.8 Å². The van der Waals surface area contributed by atoms with Gasteiger partial charge in [0.15, 0.2) is 0 Å². The number of piperazine rings is 1. The van der Waals surface area contributed by atoms with Crippen molar-refractivity contribution in [2.45, 2.75) is 26.2 Å². The summed E-state index contributed by atoms with van der Waals surface area (Å²) in [5.74, 6) is -1.49. The van der Waals surface area contributed by atoms with Gasteiger partial charge in [0, 0.05) is 31.9 Å². The Morgan fingerprint density at radius 3 is 2.11 bits per heavy atom. The smallest absolute Gasteiger partial charge is 0.313 e. The van der Waals surface area contributed by atoms with E-state index < -0.39 is 11.8 Å². The second-order valence-corrected chi connectivity index (χ2v) is 8.01. The molecule has 2 aromatic carbocycles. The van der Waals surface area contributed by atoms with E-state index in [-0.39, 0.29) is 11.2 Å². The number of benzene rings is 2. The maximum Gasteiger partial charge on any atom is 0.313 e. The van der Waals surface area contributed by atoms with Gasteiger partial charge in [-0.05, 0) is 35.2 Å². The molecule has 148 valence electrons. The normalized spacial score (nSPS) is 14.7. The zero-order valence-corrected chi connectivity index (χ0v) is 16.5. The van der Waals surface area contributed by atoms with Crippen molar-refractivity contribution >= 4 is 23.2 Å². The first kappa shape index (κ1) is 19.9. The summed E-state index contributed by atoms with van der Waals surface area (Å²) < 4.78 is 13.9. The Kier molecular flexibility index (Phi) is 5.68. The van der Waals surface area contributed by atoms with Crippen LogP contribution in [0, 0.1) is 5.82 Å². The minimum absolute atomic E-state index is 0.0241. The molecule has 2 amide bonds. The predicted octanol–water partition coefficient (Wildman–Crippen LogP) is 3.41. The molecule has 0 spiro atoms. The first-order valence-corrected chi connectivity index (χ1v) is 9.46. The van der Waals surface area contributed by atoms with Crippen LogP contribution in [0.2, 0.25) is 0 Å². The van der Waals surface area contributed by atoms with Gasteiger partial charge in [-0.3, -0.25) is 9.59 Å². The molecule has 2 aromatic rings. The molecule has 1 saturated heterocycles. The summed E-state index contributed by atoms with van der Waals surface area (Å²) >= 11 is 0. The van der Waals surface area contributed by atoms with Crippen LogP contribution in [0.25, 0.3) is 0 Å². The Balaban J connectivity index is 1.56. The number of para-hydroxylation sites is 1.